The van der Waals surface area contributed by atoms with E-state index in [1.165, 1.54) is 16.3 Å². The standard InChI is InChI=1S/C22H19N3O2S/c1-3-27-18-11-9-16(10-12-18)13-19-15(2)24-25(21(19)26)22-23-20(14-28-22)17-7-5-4-6-8-17/h4-14H,3H2,1-2H3/b19-13+. The van der Waals surface area contributed by atoms with Crippen LogP contribution in [-0.4, -0.2) is 23.2 Å². The van der Waals surface area contributed by atoms with Gasteiger partial charge in [-0.15, -0.1) is 11.3 Å². The minimum absolute atomic E-state index is 0.166. The van der Waals surface area contributed by atoms with E-state index in [2.05, 4.69) is 10.1 Å². The molecule has 4 rings (SSSR count). The van der Waals surface area contributed by atoms with Crippen LogP contribution in [0.4, 0.5) is 5.13 Å². The fourth-order valence-electron chi connectivity index (χ4n) is 2.91. The topological polar surface area (TPSA) is 54.8 Å². The van der Waals surface area contributed by atoms with Gasteiger partial charge in [-0.3, -0.25) is 4.79 Å². The van der Waals surface area contributed by atoms with Crippen molar-refractivity contribution in [2.45, 2.75) is 13.8 Å². The third-order valence-electron chi connectivity index (χ3n) is 4.31. The van der Waals surface area contributed by atoms with Gasteiger partial charge in [-0.2, -0.15) is 10.1 Å². The first-order chi connectivity index (χ1) is 13.7. The highest BCUT2D eigenvalue weighted by molar-refractivity contribution is 7.14. The van der Waals surface area contributed by atoms with Gasteiger partial charge in [0, 0.05) is 10.9 Å². The second kappa shape index (κ2) is 7.78. The Morgan fingerprint density at radius 3 is 2.57 bits per heavy atom. The monoisotopic (exact) mass is 389 g/mol. The van der Waals surface area contributed by atoms with E-state index in [-0.39, 0.29) is 5.91 Å². The minimum atomic E-state index is -0.166. The number of hydrogen-bond donors (Lipinski definition) is 0. The van der Waals surface area contributed by atoms with Gasteiger partial charge in [0.15, 0.2) is 0 Å². The Kier molecular flexibility index (Phi) is 5.04. The van der Waals surface area contributed by atoms with Crippen molar-refractivity contribution in [2.75, 3.05) is 11.6 Å². The molecule has 3 aromatic rings. The van der Waals surface area contributed by atoms with Crippen LogP contribution in [0.5, 0.6) is 5.75 Å². The smallest absolute Gasteiger partial charge is 0.282 e. The maximum Gasteiger partial charge on any atom is 0.282 e. The highest BCUT2D eigenvalue weighted by atomic mass is 32.1. The van der Waals surface area contributed by atoms with Gasteiger partial charge < -0.3 is 4.74 Å². The number of rotatable bonds is 5. The maximum atomic E-state index is 12.9. The predicted molar refractivity (Wildman–Crippen MR) is 114 cm³/mol. The molecule has 0 saturated heterocycles. The van der Waals surface area contributed by atoms with Gasteiger partial charge in [-0.05, 0) is 37.6 Å². The molecule has 0 saturated carbocycles. The molecule has 2 aromatic carbocycles. The molecular weight excluding hydrogens is 370 g/mol. The van der Waals surface area contributed by atoms with Crippen LogP contribution in [0.25, 0.3) is 17.3 Å². The normalized spacial score (nSPS) is 15.2. The molecule has 0 spiro atoms. The van der Waals surface area contributed by atoms with E-state index in [1.54, 1.807) is 0 Å². The fourth-order valence-corrected chi connectivity index (χ4v) is 3.69. The molecule has 0 unspecified atom stereocenters. The first-order valence-corrected chi connectivity index (χ1v) is 9.89. The first kappa shape index (κ1) is 18.1. The summed E-state index contributed by atoms with van der Waals surface area (Å²) in [6.07, 6.45) is 1.85. The zero-order valence-electron chi connectivity index (χ0n) is 15.6. The lowest BCUT2D eigenvalue weighted by atomic mass is 10.1. The Morgan fingerprint density at radius 2 is 1.86 bits per heavy atom. The second-order valence-corrected chi connectivity index (χ2v) is 7.08. The number of nitrogens with zero attached hydrogens (tertiary/aromatic N) is 3. The Bertz CT molecular complexity index is 1050. The first-order valence-electron chi connectivity index (χ1n) is 9.01. The summed E-state index contributed by atoms with van der Waals surface area (Å²) < 4.78 is 5.46. The van der Waals surface area contributed by atoms with E-state index in [4.69, 9.17) is 4.74 Å². The van der Waals surface area contributed by atoms with Gasteiger partial charge in [0.2, 0.25) is 5.13 Å². The van der Waals surface area contributed by atoms with Crippen molar-refractivity contribution in [1.29, 1.82) is 0 Å². The van der Waals surface area contributed by atoms with E-state index in [0.29, 0.717) is 23.0 Å². The van der Waals surface area contributed by atoms with Crippen LogP contribution in [0.2, 0.25) is 0 Å². The van der Waals surface area contributed by atoms with Gasteiger partial charge in [0.05, 0.1) is 23.6 Å². The van der Waals surface area contributed by atoms with Crippen LogP contribution in [0.15, 0.2) is 70.7 Å². The lowest BCUT2D eigenvalue weighted by Gasteiger charge is -2.07. The molecule has 140 valence electrons. The summed E-state index contributed by atoms with van der Waals surface area (Å²) in [5.41, 5.74) is 4.02. The number of anilines is 1. The van der Waals surface area contributed by atoms with Crippen LogP contribution in [0.3, 0.4) is 0 Å². The van der Waals surface area contributed by atoms with Crippen molar-refractivity contribution in [3.8, 4) is 17.0 Å². The van der Waals surface area contributed by atoms with E-state index in [0.717, 1.165) is 22.6 Å². The minimum Gasteiger partial charge on any atom is -0.494 e. The zero-order chi connectivity index (χ0) is 19.5. The molecule has 2 heterocycles. The van der Waals surface area contributed by atoms with Crippen LogP contribution in [-0.2, 0) is 4.79 Å². The van der Waals surface area contributed by atoms with Crippen molar-refractivity contribution in [2.24, 2.45) is 5.10 Å². The van der Waals surface area contributed by atoms with E-state index in [1.807, 2.05) is 79.9 Å². The van der Waals surface area contributed by atoms with Gasteiger partial charge in [-0.1, -0.05) is 42.5 Å². The Balaban J connectivity index is 1.57. The summed E-state index contributed by atoms with van der Waals surface area (Å²) in [6.45, 7) is 4.41. The molecule has 0 atom stereocenters. The highest BCUT2D eigenvalue weighted by Crippen LogP contribution is 2.31. The number of ether oxygens (including phenoxy) is 1. The predicted octanol–water partition coefficient (Wildman–Crippen LogP) is 5.01. The molecule has 1 amide bonds. The summed E-state index contributed by atoms with van der Waals surface area (Å²) in [6, 6.07) is 17.5. The van der Waals surface area contributed by atoms with Crippen molar-refractivity contribution < 1.29 is 9.53 Å². The third kappa shape index (κ3) is 3.59. The van der Waals surface area contributed by atoms with Gasteiger partial charge in [0.25, 0.3) is 5.91 Å². The number of amides is 1. The summed E-state index contributed by atoms with van der Waals surface area (Å²) in [4.78, 5) is 17.5. The molecule has 1 aliphatic rings. The molecular formula is C22H19N3O2S. The number of hydrazone groups is 1. The van der Waals surface area contributed by atoms with E-state index < -0.39 is 0 Å². The summed E-state index contributed by atoms with van der Waals surface area (Å²) in [5, 5.41) is 8.32. The average molecular weight is 389 g/mol. The molecule has 0 bridgehead atoms. The third-order valence-corrected chi connectivity index (χ3v) is 5.12. The van der Waals surface area contributed by atoms with Crippen molar-refractivity contribution in [1.82, 2.24) is 4.98 Å². The van der Waals surface area contributed by atoms with E-state index in [9.17, 15) is 4.79 Å². The molecule has 1 aromatic heterocycles. The summed E-state index contributed by atoms with van der Waals surface area (Å²) in [5.74, 6) is 0.644. The number of hydrogen-bond acceptors (Lipinski definition) is 5. The average Bonchev–Trinajstić information content (AvgIpc) is 3.31. The number of carbonyl (C=O) groups is 1. The number of benzene rings is 2. The fraction of sp³-hybridized carbons (Fsp3) is 0.136. The molecule has 5 nitrogen and oxygen atoms in total. The molecule has 1 aliphatic heterocycles. The van der Waals surface area contributed by atoms with Gasteiger partial charge in [0.1, 0.15) is 5.75 Å². The summed E-state index contributed by atoms with van der Waals surface area (Å²) in [7, 11) is 0. The number of thiazole rings is 1. The second-order valence-electron chi connectivity index (χ2n) is 6.24. The number of aromatic nitrogens is 1. The van der Waals surface area contributed by atoms with Crippen molar-refractivity contribution in [3.05, 3.63) is 71.1 Å². The molecule has 0 aliphatic carbocycles. The summed E-state index contributed by atoms with van der Waals surface area (Å²) >= 11 is 1.41. The Hall–Kier alpha value is -3.25. The Morgan fingerprint density at radius 1 is 1.11 bits per heavy atom. The molecule has 0 N–H and O–H groups in total. The van der Waals surface area contributed by atoms with Crippen LogP contribution < -0.4 is 9.75 Å². The lowest BCUT2D eigenvalue weighted by Crippen LogP contribution is -2.21. The molecule has 0 radical (unpaired) electrons. The maximum absolute atomic E-state index is 12.9. The van der Waals surface area contributed by atoms with Crippen LogP contribution in [0, 0.1) is 0 Å². The van der Waals surface area contributed by atoms with Gasteiger partial charge in [-0.25, -0.2) is 4.98 Å². The lowest BCUT2D eigenvalue weighted by molar-refractivity contribution is -0.114. The van der Waals surface area contributed by atoms with E-state index >= 15 is 0 Å². The largest absolute Gasteiger partial charge is 0.494 e. The van der Waals surface area contributed by atoms with Crippen LogP contribution >= 0.6 is 11.3 Å². The van der Waals surface area contributed by atoms with Crippen molar-refractivity contribution >= 4 is 34.2 Å². The Labute approximate surface area is 167 Å². The SMILES string of the molecule is CCOc1ccc(/C=C2/C(=O)N(c3nc(-c4ccccc4)cs3)N=C2C)cc1. The highest BCUT2D eigenvalue weighted by Gasteiger charge is 2.30. The number of carbonyl (C=O) groups excluding carboxylic acids is 1. The van der Waals surface area contributed by atoms with Gasteiger partial charge >= 0.3 is 0 Å². The zero-order valence-corrected chi connectivity index (χ0v) is 16.4. The quantitative estimate of drug-likeness (QED) is 0.576. The van der Waals surface area contributed by atoms with Crippen molar-refractivity contribution in [3.63, 3.8) is 0 Å². The van der Waals surface area contributed by atoms with Crippen LogP contribution in [0.1, 0.15) is 19.4 Å². The molecule has 28 heavy (non-hydrogen) atoms. The molecule has 6 heteroatoms. The molecule has 0 fully saturated rings.